The Morgan fingerprint density at radius 1 is 1.43 bits per heavy atom. The quantitative estimate of drug-likeness (QED) is 0.437. The fraction of sp³-hybridized carbons (Fsp3) is 0.267. The van der Waals surface area contributed by atoms with Gasteiger partial charge >= 0.3 is 0 Å². The van der Waals surface area contributed by atoms with Crippen LogP contribution in [0.3, 0.4) is 0 Å². The van der Waals surface area contributed by atoms with Gasteiger partial charge in [-0.05, 0) is 38.1 Å². The Morgan fingerprint density at radius 3 is 2.70 bits per heavy atom. The van der Waals surface area contributed by atoms with E-state index >= 15 is 0 Å². The van der Waals surface area contributed by atoms with Gasteiger partial charge in [-0.3, -0.25) is 14.9 Å². The fourth-order valence-electron chi connectivity index (χ4n) is 2.01. The van der Waals surface area contributed by atoms with Crippen molar-refractivity contribution >= 4 is 17.3 Å². The highest BCUT2D eigenvalue weighted by atomic mass is 16.6. The molecular formula is C15H17N3O5. The number of furan rings is 1. The number of amides is 1. The van der Waals surface area contributed by atoms with Gasteiger partial charge in [-0.2, -0.15) is 0 Å². The lowest BCUT2D eigenvalue weighted by atomic mass is 10.0. The van der Waals surface area contributed by atoms with Crippen molar-refractivity contribution < 1.29 is 19.2 Å². The molecule has 8 nitrogen and oxygen atoms in total. The van der Waals surface area contributed by atoms with E-state index in [4.69, 9.17) is 10.2 Å². The van der Waals surface area contributed by atoms with E-state index in [2.05, 4.69) is 5.32 Å². The van der Waals surface area contributed by atoms with Crippen LogP contribution in [0.5, 0.6) is 0 Å². The summed E-state index contributed by atoms with van der Waals surface area (Å²) in [6, 6.07) is 7.09. The van der Waals surface area contributed by atoms with Gasteiger partial charge in [0.25, 0.3) is 11.6 Å². The van der Waals surface area contributed by atoms with Crippen molar-refractivity contribution in [2.45, 2.75) is 19.4 Å². The highest BCUT2D eigenvalue weighted by Crippen LogP contribution is 2.24. The normalized spacial score (nSPS) is 13.3. The first-order chi connectivity index (χ1) is 10.7. The number of aryl methyl sites for hydroxylation is 1. The van der Waals surface area contributed by atoms with E-state index in [1.165, 1.54) is 19.1 Å². The second-order valence-corrected chi connectivity index (χ2v) is 5.40. The molecule has 0 bridgehead atoms. The van der Waals surface area contributed by atoms with Crippen molar-refractivity contribution in [1.82, 2.24) is 5.32 Å². The number of aliphatic hydroxyl groups is 1. The predicted molar refractivity (Wildman–Crippen MR) is 82.9 cm³/mol. The van der Waals surface area contributed by atoms with Gasteiger partial charge in [-0.1, -0.05) is 0 Å². The van der Waals surface area contributed by atoms with Crippen molar-refractivity contribution in [3.8, 4) is 0 Å². The molecule has 0 spiro atoms. The largest absolute Gasteiger partial charge is 0.463 e. The summed E-state index contributed by atoms with van der Waals surface area (Å²) < 4.78 is 5.35. The maximum Gasteiger partial charge on any atom is 0.292 e. The number of anilines is 1. The molecule has 1 unspecified atom stereocenters. The second-order valence-electron chi connectivity index (χ2n) is 5.40. The Kier molecular flexibility index (Phi) is 4.37. The Labute approximate surface area is 132 Å². The first-order valence-electron chi connectivity index (χ1n) is 6.82. The first kappa shape index (κ1) is 16.5. The molecule has 23 heavy (non-hydrogen) atoms. The summed E-state index contributed by atoms with van der Waals surface area (Å²) in [6.07, 6.45) is 0. The summed E-state index contributed by atoms with van der Waals surface area (Å²) in [6.45, 7) is 3.12. The van der Waals surface area contributed by atoms with Gasteiger partial charge in [0.1, 0.15) is 22.8 Å². The van der Waals surface area contributed by atoms with Crippen LogP contribution in [0.2, 0.25) is 0 Å². The van der Waals surface area contributed by atoms with E-state index in [0.29, 0.717) is 11.5 Å². The molecule has 0 fully saturated rings. The predicted octanol–water partition coefficient (Wildman–Crippen LogP) is 1.72. The van der Waals surface area contributed by atoms with Crippen LogP contribution in [0.4, 0.5) is 11.4 Å². The molecule has 0 aliphatic rings. The maximum atomic E-state index is 12.1. The smallest absolute Gasteiger partial charge is 0.292 e. The number of nitrogens with zero attached hydrogens (tertiary/aromatic N) is 1. The monoisotopic (exact) mass is 319 g/mol. The molecule has 2 rings (SSSR count). The number of nitro groups is 1. The van der Waals surface area contributed by atoms with Crippen LogP contribution in [-0.2, 0) is 5.60 Å². The minimum absolute atomic E-state index is 0.0235. The Balaban J connectivity index is 2.10. The number of nitrogens with one attached hydrogen (secondary N) is 1. The van der Waals surface area contributed by atoms with E-state index in [1.807, 2.05) is 0 Å². The Bertz CT molecular complexity index is 751. The molecule has 1 atom stereocenters. The summed E-state index contributed by atoms with van der Waals surface area (Å²) in [7, 11) is 0. The van der Waals surface area contributed by atoms with Crippen LogP contribution in [-0.4, -0.2) is 22.5 Å². The lowest BCUT2D eigenvalue weighted by Gasteiger charge is -2.21. The minimum Gasteiger partial charge on any atom is -0.463 e. The average molecular weight is 319 g/mol. The number of carbonyl (C=O) groups excluding carboxylic acids is 1. The minimum atomic E-state index is -1.40. The maximum absolute atomic E-state index is 12.1. The van der Waals surface area contributed by atoms with Crippen LogP contribution in [0.25, 0.3) is 0 Å². The zero-order valence-electron chi connectivity index (χ0n) is 12.7. The molecular weight excluding hydrogens is 302 g/mol. The molecule has 122 valence electrons. The Morgan fingerprint density at radius 2 is 2.13 bits per heavy atom. The molecule has 0 saturated carbocycles. The highest BCUT2D eigenvalue weighted by molar-refractivity contribution is 5.95. The van der Waals surface area contributed by atoms with E-state index in [1.54, 1.807) is 19.1 Å². The molecule has 1 aromatic carbocycles. The molecule has 2 aromatic rings. The van der Waals surface area contributed by atoms with Crippen LogP contribution < -0.4 is 11.1 Å². The molecule has 0 aliphatic heterocycles. The lowest BCUT2D eigenvalue weighted by molar-refractivity contribution is -0.383. The van der Waals surface area contributed by atoms with Gasteiger partial charge in [-0.25, -0.2) is 0 Å². The van der Waals surface area contributed by atoms with E-state index in [9.17, 15) is 20.0 Å². The Hall–Kier alpha value is -2.87. The van der Waals surface area contributed by atoms with Crippen LogP contribution in [0.15, 0.2) is 34.7 Å². The van der Waals surface area contributed by atoms with Crippen LogP contribution >= 0.6 is 0 Å². The fourth-order valence-corrected chi connectivity index (χ4v) is 2.01. The molecule has 0 saturated heterocycles. The SMILES string of the molecule is Cc1ccc(C(C)(O)CNC(=O)c2ccc(N)c([N+](=O)[O-])c2)o1. The third-order valence-electron chi connectivity index (χ3n) is 3.35. The van der Waals surface area contributed by atoms with Crippen molar-refractivity contribution in [2.24, 2.45) is 0 Å². The van der Waals surface area contributed by atoms with Gasteiger partial charge in [0, 0.05) is 11.6 Å². The third-order valence-corrected chi connectivity index (χ3v) is 3.35. The number of carbonyl (C=O) groups is 1. The second kappa shape index (κ2) is 6.09. The van der Waals surface area contributed by atoms with Gasteiger partial charge in [-0.15, -0.1) is 0 Å². The van der Waals surface area contributed by atoms with Crippen LogP contribution in [0, 0.1) is 17.0 Å². The molecule has 0 radical (unpaired) electrons. The molecule has 4 N–H and O–H groups in total. The topological polar surface area (TPSA) is 132 Å². The number of hydrogen-bond acceptors (Lipinski definition) is 6. The molecule has 1 heterocycles. The summed E-state index contributed by atoms with van der Waals surface area (Å²) in [5, 5.41) is 23.7. The third kappa shape index (κ3) is 3.67. The zero-order valence-corrected chi connectivity index (χ0v) is 12.7. The van der Waals surface area contributed by atoms with E-state index in [0.717, 1.165) is 6.07 Å². The zero-order chi connectivity index (χ0) is 17.2. The number of rotatable bonds is 5. The number of hydrogen-bond donors (Lipinski definition) is 3. The van der Waals surface area contributed by atoms with Gasteiger partial charge < -0.3 is 20.6 Å². The summed E-state index contributed by atoms with van der Waals surface area (Å²) in [4.78, 5) is 22.3. The van der Waals surface area contributed by atoms with Gasteiger partial charge in [0.2, 0.25) is 0 Å². The summed E-state index contributed by atoms with van der Waals surface area (Å²) in [5.74, 6) is 0.399. The molecule has 1 aromatic heterocycles. The number of nitrogens with two attached hydrogens (primary N) is 1. The summed E-state index contributed by atoms with van der Waals surface area (Å²) >= 11 is 0. The van der Waals surface area contributed by atoms with Crippen molar-refractivity contribution in [2.75, 3.05) is 12.3 Å². The number of nitrogen functional groups attached to an aromatic ring is 1. The van der Waals surface area contributed by atoms with Crippen molar-refractivity contribution in [1.29, 1.82) is 0 Å². The van der Waals surface area contributed by atoms with E-state index in [-0.39, 0.29) is 23.5 Å². The van der Waals surface area contributed by atoms with Gasteiger partial charge in [0.15, 0.2) is 0 Å². The first-order valence-corrected chi connectivity index (χ1v) is 6.82. The number of nitro benzene ring substituents is 1. The summed E-state index contributed by atoms with van der Waals surface area (Å²) in [5.41, 5.74) is 3.80. The molecule has 0 aliphatic carbocycles. The van der Waals surface area contributed by atoms with Crippen LogP contribution in [0.1, 0.15) is 28.8 Å². The van der Waals surface area contributed by atoms with Crippen molar-refractivity contribution in [3.63, 3.8) is 0 Å². The highest BCUT2D eigenvalue weighted by Gasteiger charge is 2.28. The number of benzene rings is 1. The standard InChI is InChI=1S/C15H17N3O5/c1-9-3-6-13(23-9)15(2,20)8-17-14(19)10-4-5-11(16)12(7-10)18(21)22/h3-7,20H,8,16H2,1-2H3,(H,17,19). The van der Waals surface area contributed by atoms with E-state index < -0.39 is 16.4 Å². The lowest BCUT2D eigenvalue weighted by Crippen LogP contribution is -2.38. The molecule has 1 amide bonds. The average Bonchev–Trinajstić information content (AvgIpc) is 2.92. The van der Waals surface area contributed by atoms with Crippen molar-refractivity contribution in [3.05, 3.63) is 57.5 Å². The molecule has 8 heteroatoms. The van der Waals surface area contributed by atoms with Gasteiger partial charge in [0.05, 0.1) is 11.5 Å².